The van der Waals surface area contributed by atoms with Gasteiger partial charge >= 0.3 is 0 Å². The van der Waals surface area contributed by atoms with Gasteiger partial charge in [0.2, 0.25) is 0 Å². The Morgan fingerprint density at radius 2 is 1.64 bits per heavy atom. The van der Waals surface area contributed by atoms with Crippen LogP contribution in [-0.2, 0) is 14.6 Å². The summed E-state index contributed by atoms with van der Waals surface area (Å²) in [5.41, 5.74) is -0.748. The van der Waals surface area contributed by atoms with E-state index in [4.69, 9.17) is 4.74 Å². The predicted octanol–water partition coefficient (Wildman–Crippen LogP) is 3.42. The molecule has 0 bridgehead atoms. The summed E-state index contributed by atoms with van der Waals surface area (Å²) < 4.78 is 42.1. The van der Waals surface area contributed by atoms with E-state index in [0.29, 0.717) is 11.4 Å². The molecule has 1 N–H and O–H groups in total. The fourth-order valence-electron chi connectivity index (χ4n) is 2.04. The second kappa shape index (κ2) is 7.23. The number of amides is 1. The van der Waals surface area contributed by atoms with Crippen LogP contribution in [0.3, 0.4) is 0 Å². The molecule has 0 unspecified atom stereocenters. The summed E-state index contributed by atoms with van der Waals surface area (Å²) in [7, 11) is -3.28. The number of ether oxygens (including phenoxy) is 1. The summed E-state index contributed by atoms with van der Waals surface area (Å²) in [4.78, 5) is 12.6. The minimum atomic E-state index is -3.28. The zero-order chi connectivity index (χ0) is 18.7. The number of rotatable bonds is 6. The van der Waals surface area contributed by atoms with Gasteiger partial charge < -0.3 is 10.1 Å². The third-order valence-corrected chi connectivity index (χ3v) is 5.34. The Bertz CT molecular complexity index is 844. The summed E-state index contributed by atoms with van der Waals surface area (Å²) >= 11 is 0. The van der Waals surface area contributed by atoms with E-state index in [-0.39, 0.29) is 10.6 Å². The van der Waals surface area contributed by atoms with Gasteiger partial charge in [0, 0.05) is 5.69 Å². The molecule has 2 aromatic carbocycles. The van der Waals surface area contributed by atoms with Crippen molar-refractivity contribution < 1.29 is 22.3 Å². The molecule has 5 nitrogen and oxygen atoms in total. The van der Waals surface area contributed by atoms with Crippen LogP contribution in [0.15, 0.2) is 53.4 Å². The second-order valence-electron chi connectivity index (χ2n) is 5.95. The third kappa shape index (κ3) is 4.79. The van der Waals surface area contributed by atoms with Crippen LogP contribution in [-0.4, -0.2) is 25.7 Å². The van der Waals surface area contributed by atoms with Crippen LogP contribution in [0.1, 0.15) is 20.8 Å². The fourth-order valence-corrected chi connectivity index (χ4v) is 2.92. The van der Waals surface area contributed by atoms with Crippen LogP contribution < -0.4 is 10.1 Å². The highest BCUT2D eigenvalue weighted by molar-refractivity contribution is 7.91. The van der Waals surface area contributed by atoms with Crippen LogP contribution in [0.5, 0.6) is 5.75 Å². The molecule has 0 spiro atoms. The van der Waals surface area contributed by atoms with Crippen LogP contribution in [0.4, 0.5) is 10.1 Å². The van der Waals surface area contributed by atoms with Gasteiger partial charge in [-0.2, -0.15) is 0 Å². The molecule has 2 aromatic rings. The van der Waals surface area contributed by atoms with Crippen molar-refractivity contribution in [1.82, 2.24) is 0 Å². The molecule has 0 saturated heterocycles. The summed E-state index contributed by atoms with van der Waals surface area (Å²) in [6, 6.07) is 11.3. The topological polar surface area (TPSA) is 72.5 Å². The molecule has 1 amide bonds. The Kier molecular flexibility index (Phi) is 5.47. The van der Waals surface area contributed by atoms with Gasteiger partial charge in [-0.1, -0.05) is 6.92 Å². The van der Waals surface area contributed by atoms with Gasteiger partial charge in [0.1, 0.15) is 11.6 Å². The van der Waals surface area contributed by atoms with Crippen molar-refractivity contribution in [3.63, 3.8) is 0 Å². The van der Waals surface area contributed by atoms with E-state index in [1.54, 1.807) is 20.8 Å². The maximum Gasteiger partial charge on any atom is 0.267 e. The molecule has 0 fully saturated rings. The highest BCUT2D eigenvalue weighted by atomic mass is 32.2. The molecular weight excluding hydrogens is 345 g/mol. The average Bonchev–Trinajstić information content (AvgIpc) is 2.57. The first-order valence-electron chi connectivity index (χ1n) is 7.73. The zero-order valence-corrected chi connectivity index (χ0v) is 15.1. The first-order valence-corrected chi connectivity index (χ1v) is 9.38. The van der Waals surface area contributed by atoms with Crippen molar-refractivity contribution in [2.45, 2.75) is 31.3 Å². The molecule has 0 aliphatic rings. The Hall–Kier alpha value is -2.41. The van der Waals surface area contributed by atoms with E-state index in [0.717, 1.165) is 0 Å². The maximum absolute atomic E-state index is 12.9. The lowest BCUT2D eigenvalue weighted by atomic mass is 10.1. The van der Waals surface area contributed by atoms with Gasteiger partial charge in [0.25, 0.3) is 5.91 Å². The Labute approximate surface area is 146 Å². The summed E-state index contributed by atoms with van der Waals surface area (Å²) in [6.45, 7) is 4.74. The van der Waals surface area contributed by atoms with Crippen LogP contribution >= 0.6 is 0 Å². The van der Waals surface area contributed by atoms with Crippen molar-refractivity contribution in [3.05, 3.63) is 54.3 Å². The standard InChI is InChI=1S/C18H20FNO4S/c1-4-25(22,23)16-11-7-14(8-12-16)20-17(21)18(2,3)24-15-9-5-13(19)6-10-15/h5-12H,4H2,1-3H3,(H,20,21). The SMILES string of the molecule is CCS(=O)(=O)c1ccc(NC(=O)C(C)(C)Oc2ccc(F)cc2)cc1. The molecule has 25 heavy (non-hydrogen) atoms. The lowest BCUT2D eigenvalue weighted by Crippen LogP contribution is -2.42. The van der Waals surface area contributed by atoms with Gasteiger partial charge in [0.15, 0.2) is 15.4 Å². The maximum atomic E-state index is 12.9. The monoisotopic (exact) mass is 365 g/mol. The number of sulfone groups is 1. The second-order valence-corrected chi connectivity index (χ2v) is 8.23. The van der Waals surface area contributed by atoms with Crippen molar-refractivity contribution in [2.75, 3.05) is 11.1 Å². The lowest BCUT2D eigenvalue weighted by molar-refractivity contribution is -0.128. The Morgan fingerprint density at radius 1 is 1.08 bits per heavy atom. The highest BCUT2D eigenvalue weighted by Gasteiger charge is 2.30. The first-order chi connectivity index (χ1) is 11.6. The smallest absolute Gasteiger partial charge is 0.267 e. The molecule has 0 heterocycles. The van der Waals surface area contributed by atoms with Crippen LogP contribution in [0.25, 0.3) is 0 Å². The normalized spacial score (nSPS) is 11.8. The molecule has 0 aromatic heterocycles. The zero-order valence-electron chi connectivity index (χ0n) is 14.2. The van der Waals surface area contributed by atoms with Gasteiger partial charge in [0.05, 0.1) is 10.6 Å². The number of carbonyl (C=O) groups excluding carboxylic acids is 1. The van der Waals surface area contributed by atoms with E-state index in [1.165, 1.54) is 48.5 Å². The molecule has 7 heteroatoms. The Morgan fingerprint density at radius 3 is 2.16 bits per heavy atom. The summed E-state index contributed by atoms with van der Waals surface area (Å²) in [5, 5.41) is 2.68. The van der Waals surface area contributed by atoms with E-state index >= 15 is 0 Å². The Balaban J connectivity index is 2.08. The van der Waals surface area contributed by atoms with Gasteiger partial charge in [-0.3, -0.25) is 4.79 Å². The van der Waals surface area contributed by atoms with Gasteiger partial charge in [-0.15, -0.1) is 0 Å². The molecule has 134 valence electrons. The van der Waals surface area contributed by atoms with Crippen LogP contribution in [0, 0.1) is 5.82 Å². The van der Waals surface area contributed by atoms with Crippen molar-refractivity contribution >= 4 is 21.4 Å². The summed E-state index contributed by atoms with van der Waals surface area (Å²) in [6.07, 6.45) is 0. The average molecular weight is 365 g/mol. The largest absolute Gasteiger partial charge is 0.478 e. The molecule has 0 saturated carbocycles. The minimum absolute atomic E-state index is 0.0112. The van der Waals surface area contributed by atoms with Crippen molar-refractivity contribution in [3.8, 4) is 5.75 Å². The van der Waals surface area contributed by atoms with Gasteiger partial charge in [-0.25, -0.2) is 12.8 Å². The quantitative estimate of drug-likeness (QED) is 0.851. The molecule has 0 radical (unpaired) electrons. The summed E-state index contributed by atoms with van der Waals surface area (Å²) in [5.74, 6) is -0.428. The third-order valence-electron chi connectivity index (χ3n) is 3.58. The molecule has 0 aliphatic carbocycles. The predicted molar refractivity (Wildman–Crippen MR) is 93.9 cm³/mol. The number of anilines is 1. The molecular formula is C18H20FNO4S. The highest BCUT2D eigenvalue weighted by Crippen LogP contribution is 2.21. The van der Waals surface area contributed by atoms with E-state index in [1.807, 2.05) is 0 Å². The molecule has 0 aliphatic heterocycles. The first kappa shape index (κ1) is 18.9. The van der Waals surface area contributed by atoms with E-state index in [2.05, 4.69) is 5.32 Å². The van der Waals surface area contributed by atoms with Crippen LogP contribution in [0.2, 0.25) is 0 Å². The number of halogens is 1. The van der Waals surface area contributed by atoms with E-state index < -0.39 is 27.2 Å². The van der Waals surface area contributed by atoms with Gasteiger partial charge in [-0.05, 0) is 62.4 Å². The van der Waals surface area contributed by atoms with E-state index in [9.17, 15) is 17.6 Å². The molecule has 0 atom stereocenters. The molecule has 2 rings (SSSR count). The number of hydrogen-bond donors (Lipinski definition) is 1. The van der Waals surface area contributed by atoms with Crippen molar-refractivity contribution in [2.24, 2.45) is 0 Å². The fraction of sp³-hybridized carbons (Fsp3) is 0.278. The lowest BCUT2D eigenvalue weighted by Gasteiger charge is -2.25. The number of hydrogen-bond acceptors (Lipinski definition) is 4. The van der Waals surface area contributed by atoms with Crippen molar-refractivity contribution in [1.29, 1.82) is 0 Å². The number of nitrogens with one attached hydrogen (secondary N) is 1. The number of benzene rings is 2. The minimum Gasteiger partial charge on any atom is -0.478 e. The number of carbonyl (C=O) groups is 1.